The van der Waals surface area contributed by atoms with Crippen LogP contribution in [-0.2, 0) is 6.54 Å². The van der Waals surface area contributed by atoms with Crippen molar-refractivity contribution >= 4 is 16.7 Å². The lowest BCUT2D eigenvalue weighted by Gasteiger charge is -2.20. The van der Waals surface area contributed by atoms with Gasteiger partial charge in [0.05, 0.1) is 11.6 Å². The summed E-state index contributed by atoms with van der Waals surface area (Å²) in [5.74, 6) is 0.934. The molecule has 1 heterocycles. The first-order valence-corrected chi connectivity index (χ1v) is 7.09. The zero-order chi connectivity index (χ0) is 14.5. The number of nitrogens with one attached hydrogen (secondary N) is 1. The molecule has 0 aliphatic rings. The largest absolute Gasteiger partial charge is 0.392 e. The fourth-order valence-electron chi connectivity index (χ4n) is 2.41. The maximum Gasteiger partial charge on any atom is 0.131 e. The molecule has 4 heteroatoms. The summed E-state index contributed by atoms with van der Waals surface area (Å²) < 4.78 is 0. The molecule has 0 bridgehead atoms. The highest BCUT2D eigenvalue weighted by Crippen LogP contribution is 2.21. The number of anilines is 1. The van der Waals surface area contributed by atoms with Gasteiger partial charge < -0.3 is 10.4 Å². The Kier molecular flexibility index (Phi) is 4.93. The van der Waals surface area contributed by atoms with Gasteiger partial charge in [0.1, 0.15) is 5.82 Å². The number of hydrogen-bond acceptors (Lipinski definition) is 4. The van der Waals surface area contributed by atoms with Gasteiger partial charge in [-0.3, -0.25) is 4.90 Å². The van der Waals surface area contributed by atoms with Crippen molar-refractivity contribution in [1.29, 1.82) is 0 Å². The van der Waals surface area contributed by atoms with Crippen LogP contribution in [0.4, 0.5) is 5.82 Å². The van der Waals surface area contributed by atoms with Gasteiger partial charge in [-0.2, -0.15) is 0 Å². The lowest BCUT2D eigenvalue weighted by atomic mass is 10.1. The highest BCUT2D eigenvalue weighted by atomic mass is 16.3. The summed E-state index contributed by atoms with van der Waals surface area (Å²) in [6.45, 7) is 6.14. The predicted octanol–water partition coefficient (Wildman–Crippen LogP) is 2.48. The molecule has 0 saturated heterocycles. The number of para-hydroxylation sites is 1. The molecule has 108 valence electrons. The van der Waals surface area contributed by atoms with E-state index >= 15 is 0 Å². The first-order chi connectivity index (χ1) is 9.60. The number of hydrogen-bond donors (Lipinski definition) is 2. The summed E-state index contributed by atoms with van der Waals surface area (Å²) in [4.78, 5) is 6.81. The molecule has 0 amide bonds. The fourth-order valence-corrected chi connectivity index (χ4v) is 2.41. The Morgan fingerprint density at radius 3 is 2.80 bits per heavy atom. The highest BCUT2D eigenvalue weighted by molar-refractivity contribution is 5.81. The first kappa shape index (κ1) is 14.8. The maximum atomic E-state index is 9.47. The molecule has 2 N–H and O–H groups in total. The summed E-state index contributed by atoms with van der Waals surface area (Å²) >= 11 is 0. The Balaban J connectivity index is 2.31. The fraction of sp³-hybridized carbons (Fsp3) is 0.438. The molecule has 0 aliphatic carbocycles. The van der Waals surface area contributed by atoms with E-state index in [2.05, 4.69) is 29.3 Å². The van der Waals surface area contributed by atoms with Crippen LogP contribution in [0.25, 0.3) is 10.9 Å². The molecule has 4 nitrogen and oxygen atoms in total. The van der Waals surface area contributed by atoms with E-state index in [1.165, 1.54) is 0 Å². The third-order valence-electron chi connectivity index (χ3n) is 3.16. The lowest BCUT2D eigenvalue weighted by Crippen LogP contribution is -2.27. The van der Waals surface area contributed by atoms with Crippen molar-refractivity contribution in [3.05, 3.63) is 35.9 Å². The third kappa shape index (κ3) is 3.68. The minimum absolute atomic E-state index is 0.323. The van der Waals surface area contributed by atoms with Gasteiger partial charge in [-0.1, -0.05) is 18.2 Å². The van der Waals surface area contributed by atoms with E-state index in [9.17, 15) is 5.11 Å². The van der Waals surface area contributed by atoms with Gasteiger partial charge in [0.25, 0.3) is 0 Å². The van der Waals surface area contributed by atoms with Gasteiger partial charge in [-0.15, -0.1) is 0 Å². The maximum absolute atomic E-state index is 9.47. The van der Waals surface area contributed by atoms with Gasteiger partial charge >= 0.3 is 0 Å². The SMILES string of the molecule is CCNc1nc2ccccc2cc1CN(C)CC(C)O. The molecule has 0 spiro atoms. The average Bonchev–Trinajstić information content (AvgIpc) is 2.38. The first-order valence-electron chi connectivity index (χ1n) is 7.09. The van der Waals surface area contributed by atoms with Gasteiger partial charge in [0.15, 0.2) is 0 Å². The number of rotatable bonds is 6. The van der Waals surface area contributed by atoms with E-state index in [4.69, 9.17) is 4.98 Å². The van der Waals surface area contributed by atoms with Crippen molar-refractivity contribution in [2.24, 2.45) is 0 Å². The molecule has 2 aromatic rings. The Morgan fingerprint density at radius 1 is 1.35 bits per heavy atom. The summed E-state index contributed by atoms with van der Waals surface area (Å²) in [7, 11) is 2.01. The Morgan fingerprint density at radius 2 is 2.10 bits per heavy atom. The smallest absolute Gasteiger partial charge is 0.131 e. The molecule has 2 rings (SSSR count). The molecule has 0 radical (unpaired) electrons. The second-order valence-electron chi connectivity index (χ2n) is 5.26. The number of nitrogens with zero attached hydrogens (tertiary/aromatic N) is 2. The van der Waals surface area contributed by atoms with Crippen molar-refractivity contribution < 1.29 is 5.11 Å². The van der Waals surface area contributed by atoms with E-state index in [1.54, 1.807) is 6.92 Å². The Labute approximate surface area is 120 Å². The molecule has 1 atom stereocenters. The summed E-state index contributed by atoms with van der Waals surface area (Å²) in [6.07, 6.45) is -0.323. The molecule has 0 saturated carbocycles. The summed E-state index contributed by atoms with van der Waals surface area (Å²) in [6, 6.07) is 10.3. The van der Waals surface area contributed by atoms with E-state index in [-0.39, 0.29) is 6.10 Å². The quantitative estimate of drug-likeness (QED) is 0.849. The average molecular weight is 273 g/mol. The van der Waals surface area contributed by atoms with Crippen molar-refractivity contribution in [3.63, 3.8) is 0 Å². The van der Waals surface area contributed by atoms with Crippen LogP contribution in [0.15, 0.2) is 30.3 Å². The number of pyridine rings is 1. The van der Waals surface area contributed by atoms with E-state index in [0.29, 0.717) is 6.54 Å². The van der Waals surface area contributed by atoms with Crippen LogP contribution in [0.2, 0.25) is 0 Å². The predicted molar refractivity (Wildman–Crippen MR) is 83.9 cm³/mol. The lowest BCUT2D eigenvalue weighted by molar-refractivity contribution is 0.138. The highest BCUT2D eigenvalue weighted by Gasteiger charge is 2.10. The molecular formula is C16H23N3O. The number of likely N-dealkylation sites (N-methyl/N-ethyl adjacent to an activating group) is 1. The third-order valence-corrected chi connectivity index (χ3v) is 3.16. The van der Waals surface area contributed by atoms with Crippen LogP contribution in [0, 0.1) is 0 Å². The van der Waals surface area contributed by atoms with Crippen LogP contribution in [0.3, 0.4) is 0 Å². The van der Waals surface area contributed by atoms with E-state index < -0.39 is 0 Å². The number of benzene rings is 1. The van der Waals surface area contributed by atoms with Crippen LogP contribution in [0.5, 0.6) is 0 Å². The second-order valence-corrected chi connectivity index (χ2v) is 5.26. The Hall–Kier alpha value is -1.65. The zero-order valence-corrected chi connectivity index (χ0v) is 12.4. The molecule has 0 fully saturated rings. The zero-order valence-electron chi connectivity index (χ0n) is 12.4. The molecule has 1 aromatic carbocycles. The van der Waals surface area contributed by atoms with Crippen LogP contribution in [-0.4, -0.2) is 41.2 Å². The van der Waals surface area contributed by atoms with Crippen molar-refractivity contribution in [3.8, 4) is 0 Å². The second kappa shape index (κ2) is 6.68. The van der Waals surface area contributed by atoms with Gasteiger partial charge in [0, 0.05) is 30.6 Å². The minimum atomic E-state index is -0.323. The van der Waals surface area contributed by atoms with Gasteiger partial charge in [0.2, 0.25) is 0 Å². The van der Waals surface area contributed by atoms with Crippen LogP contribution >= 0.6 is 0 Å². The van der Waals surface area contributed by atoms with Gasteiger partial charge in [-0.25, -0.2) is 4.98 Å². The molecule has 1 aromatic heterocycles. The number of aliphatic hydroxyl groups excluding tert-OH is 1. The number of aromatic nitrogens is 1. The topological polar surface area (TPSA) is 48.4 Å². The number of fused-ring (bicyclic) bond motifs is 1. The van der Waals surface area contributed by atoms with Crippen LogP contribution < -0.4 is 5.32 Å². The monoisotopic (exact) mass is 273 g/mol. The Bertz CT molecular complexity index is 569. The number of aliphatic hydroxyl groups is 1. The molecular weight excluding hydrogens is 250 g/mol. The summed E-state index contributed by atoms with van der Waals surface area (Å²) in [5.41, 5.74) is 2.17. The van der Waals surface area contributed by atoms with Crippen molar-refractivity contribution in [2.75, 3.05) is 25.5 Å². The minimum Gasteiger partial charge on any atom is -0.392 e. The van der Waals surface area contributed by atoms with Crippen LogP contribution in [0.1, 0.15) is 19.4 Å². The van der Waals surface area contributed by atoms with Crippen molar-refractivity contribution in [2.45, 2.75) is 26.5 Å². The molecule has 0 aliphatic heterocycles. The van der Waals surface area contributed by atoms with E-state index in [1.807, 2.05) is 25.2 Å². The molecule has 20 heavy (non-hydrogen) atoms. The molecule has 1 unspecified atom stereocenters. The normalized spacial score (nSPS) is 12.8. The van der Waals surface area contributed by atoms with Crippen molar-refractivity contribution in [1.82, 2.24) is 9.88 Å². The standard InChI is InChI=1S/C16H23N3O/c1-4-17-16-14(11-19(3)10-12(2)20)9-13-7-5-6-8-15(13)18-16/h5-9,12,20H,4,10-11H2,1-3H3,(H,17,18). The van der Waals surface area contributed by atoms with Gasteiger partial charge in [-0.05, 0) is 33.0 Å². The van der Waals surface area contributed by atoms with E-state index in [0.717, 1.165) is 35.4 Å². The summed E-state index contributed by atoms with van der Waals surface area (Å²) in [5, 5.41) is 13.9.